The number of carbonyl (C=O) groups is 1. The molecule has 4 nitrogen and oxygen atoms in total. The molecule has 2 rings (SSSR count). The molecule has 0 saturated carbocycles. The van der Waals surface area contributed by atoms with Gasteiger partial charge in [-0.3, -0.25) is 0 Å². The third kappa shape index (κ3) is 3.69. The summed E-state index contributed by atoms with van der Waals surface area (Å²) in [4.78, 5) is 14.4. The number of hydrogen-bond donors (Lipinski definition) is 1. The van der Waals surface area contributed by atoms with Gasteiger partial charge >= 0.3 is 5.97 Å². The fourth-order valence-corrected chi connectivity index (χ4v) is 3.09. The van der Waals surface area contributed by atoms with E-state index in [0.717, 1.165) is 25.2 Å². The van der Waals surface area contributed by atoms with Gasteiger partial charge in [0.15, 0.2) is 0 Å². The first-order valence-corrected chi connectivity index (χ1v) is 7.78. The van der Waals surface area contributed by atoms with Crippen LogP contribution >= 0.6 is 0 Å². The van der Waals surface area contributed by atoms with E-state index in [1.165, 1.54) is 23.8 Å². The Balaban J connectivity index is 2.43. The summed E-state index contributed by atoms with van der Waals surface area (Å²) in [6, 6.07) is 4.66. The maximum atomic E-state index is 12.3. The normalized spacial score (nSPS) is 19.2. The summed E-state index contributed by atoms with van der Waals surface area (Å²) in [7, 11) is 1.44. The molecule has 0 amide bonds. The number of nitrogens with one attached hydrogen (secondary N) is 1. The lowest BCUT2D eigenvalue weighted by Crippen LogP contribution is -2.49. The second-order valence-electron chi connectivity index (χ2n) is 6.13. The first kappa shape index (κ1) is 16.6. The lowest BCUT2D eigenvalue weighted by Gasteiger charge is -2.34. The zero-order valence-electron chi connectivity index (χ0n) is 14.2. The van der Waals surface area contributed by atoms with E-state index in [9.17, 15) is 4.79 Å². The van der Waals surface area contributed by atoms with Crippen LogP contribution in [0.2, 0.25) is 0 Å². The van der Waals surface area contributed by atoms with Gasteiger partial charge in [-0.05, 0) is 50.5 Å². The first-order valence-electron chi connectivity index (χ1n) is 7.78. The van der Waals surface area contributed by atoms with E-state index in [-0.39, 0.29) is 5.97 Å². The smallest absolute Gasteiger partial charge is 0.354 e. The minimum Gasteiger partial charge on any atom is -0.464 e. The van der Waals surface area contributed by atoms with Crippen molar-refractivity contribution in [2.24, 2.45) is 0 Å². The Morgan fingerprint density at radius 2 is 1.95 bits per heavy atom. The molecule has 1 aromatic rings. The number of nitrogens with zero attached hydrogens (tertiary/aromatic N) is 1. The third-order valence-corrected chi connectivity index (χ3v) is 4.12. The maximum absolute atomic E-state index is 12.3. The van der Waals surface area contributed by atoms with Crippen LogP contribution in [0.15, 0.2) is 17.8 Å². The standard InChI is InChI=1S/C18H26N2O2/c1-12-8-13(2)16(14(3)9-12)10-17(18(21)22-5)20-7-6-19-15(4)11-20/h8-10,15,19H,6-7,11H2,1-5H3/b17-10+. The molecule has 0 aliphatic carbocycles. The SMILES string of the molecule is COC(=O)/C(=C\c1c(C)cc(C)cc1C)N1CCNC(C)C1. The highest BCUT2D eigenvalue weighted by atomic mass is 16.5. The zero-order chi connectivity index (χ0) is 16.3. The Hall–Kier alpha value is -1.81. The lowest BCUT2D eigenvalue weighted by molar-refractivity contribution is -0.138. The molecular weight excluding hydrogens is 276 g/mol. The van der Waals surface area contributed by atoms with Gasteiger partial charge in [-0.15, -0.1) is 0 Å². The fourth-order valence-electron chi connectivity index (χ4n) is 3.09. The van der Waals surface area contributed by atoms with Crippen molar-refractivity contribution in [3.05, 3.63) is 40.1 Å². The van der Waals surface area contributed by atoms with Gasteiger partial charge in [0.2, 0.25) is 0 Å². The Labute approximate surface area is 133 Å². The second kappa shape index (κ2) is 6.97. The van der Waals surface area contributed by atoms with Gasteiger partial charge < -0.3 is 15.0 Å². The number of aryl methyl sites for hydroxylation is 3. The minimum atomic E-state index is -0.270. The van der Waals surface area contributed by atoms with Crippen LogP contribution < -0.4 is 5.32 Å². The van der Waals surface area contributed by atoms with Crippen LogP contribution in [0, 0.1) is 20.8 Å². The molecule has 1 heterocycles. The predicted molar refractivity (Wildman–Crippen MR) is 89.7 cm³/mol. The average Bonchev–Trinajstić information content (AvgIpc) is 2.45. The van der Waals surface area contributed by atoms with Gasteiger partial charge in [-0.2, -0.15) is 0 Å². The molecule has 1 aliphatic heterocycles. The van der Waals surface area contributed by atoms with E-state index >= 15 is 0 Å². The number of methoxy groups -OCH3 is 1. The van der Waals surface area contributed by atoms with Crippen LogP contribution in [0.5, 0.6) is 0 Å². The molecule has 22 heavy (non-hydrogen) atoms. The van der Waals surface area contributed by atoms with Gasteiger partial charge in [0.25, 0.3) is 0 Å². The molecule has 0 radical (unpaired) electrons. The van der Waals surface area contributed by atoms with Crippen molar-refractivity contribution in [1.82, 2.24) is 10.2 Å². The molecule has 1 unspecified atom stereocenters. The Morgan fingerprint density at radius 3 is 2.50 bits per heavy atom. The van der Waals surface area contributed by atoms with Gasteiger partial charge in [-0.25, -0.2) is 4.79 Å². The van der Waals surface area contributed by atoms with Gasteiger partial charge in [0, 0.05) is 25.7 Å². The number of carbonyl (C=O) groups excluding carboxylic acids is 1. The van der Waals surface area contributed by atoms with Crippen molar-refractivity contribution >= 4 is 12.0 Å². The predicted octanol–water partition coefficient (Wildman–Crippen LogP) is 2.42. The number of hydrogen-bond acceptors (Lipinski definition) is 4. The number of piperazine rings is 1. The number of esters is 1. The Kier molecular flexibility index (Phi) is 5.24. The zero-order valence-corrected chi connectivity index (χ0v) is 14.2. The molecule has 0 spiro atoms. The van der Waals surface area contributed by atoms with Gasteiger partial charge in [-0.1, -0.05) is 17.7 Å². The molecule has 0 aromatic heterocycles. The summed E-state index contributed by atoms with van der Waals surface area (Å²) < 4.78 is 5.01. The van der Waals surface area contributed by atoms with Crippen LogP contribution in [-0.2, 0) is 9.53 Å². The summed E-state index contributed by atoms with van der Waals surface area (Å²) in [5.41, 5.74) is 5.36. The van der Waals surface area contributed by atoms with Crippen molar-refractivity contribution < 1.29 is 9.53 Å². The highest BCUT2D eigenvalue weighted by molar-refractivity contribution is 5.93. The molecule has 1 fully saturated rings. The van der Waals surface area contributed by atoms with E-state index in [4.69, 9.17) is 4.74 Å². The first-order chi connectivity index (χ1) is 10.4. The average molecular weight is 302 g/mol. The quantitative estimate of drug-likeness (QED) is 0.688. The van der Waals surface area contributed by atoms with Crippen molar-refractivity contribution in [1.29, 1.82) is 0 Å². The summed E-state index contributed by atoms with van der Waals surface area (Å²) in [6.07, 6.45) is 1.98. The fraction of sp³-hybridized carbons (Fsp3) is 0.500. The van der Waals surface area contributed by atoms with Crippen LogP contribution in [0.1, 0.15) is 29.2 Å². The molecule has 1 atom stereocenters. The molecule has 1 N–H and O–H groups in total. The lowest BCUT2D eigenvalue weighted by atomic mass is 9.98. The summed E-state index contributed by atoms with van der Waals surface area (Å²) in [6.45, 7) is 10.9. The number of benzene rings is 1. The number of rotatable bonds is 3. The minimum absolute atomic E-state index is 0.270. The highest BCUT2D eigenvalue weighted by Crippen LogP contribution is 2.22. The molecule has 1 aliphatic rings. The molecule has 4 heteroatoms. The Bertz CT molecular complexity index is 570. The maximum Gasteiger partial charge on any atom is 0.354 e. The van der Waals surface area contributed by atoms with E-state index in [0.29, 0.717) is 11.7 Å². The van der Waals surface area contributed by atoms with Gasteiger partial charge in [0.1, 0.15) is 5.70 Å². The van der Waals surface area contributed by atoms with Crippen LogP contribution in [0.3, 0.4) is 0 Å². The molecular formula is C18H26N2O2. The largest absolute Gasteiger partial charge is 0.464 e. The Morgan fingerprint density at radius 1 is 1.32 bits per heavy atom. The second-order valence-corrected chi connectivity index (χ2v) is 6.13. The van der Waals surface area contributed by atoms with Crippen molar-refractivity contribution in [2.45, 2.75) is 33.7 Å². The molecule has 120 valence electrons. The molecule has 0 bridgehead atoms. The van der Waals surface area contributed by atoms with Crippen LogP contribution in [0.25, 0.3) is 6.08 Å². The molecule has 1 aromatic carbocycles. The summed E-state index contributed by atoms with van der Waals surface area (Å²) in [5, 5.41) is 3.40. The topological polar surface area (TPSA) is 41.6 Å². The summed E-state index contributed by atoms with van der Waals surface area (Å²) in [5.74, 6) is -0.270. The van der Waals surface area contributed by atoms with Crippen molar-refractivity contribution in [3.8, 4) is 0 Å². The highest BCUT2D eigenvalue weighted by Gasteiger charge is 2.23. The van der Waals surface area contributed by atoms with Crippen LogP contribution in [-0.4, -0.2) is 43.7 Å². The van der Waals surface area contributed by atoms with E-state index < -0.39 is 0 Å². The number of ether oxygens (including phenoxy) is 1. The third-order valence-electron chi connectivity index (χ3n) is 4.12. The molecule has 1 saturated heterocycles. The van der Waals surface area contributed by atoms with E-state index in [1.54, 1.807) is 0 Å². The summed E-state index contributed by atoms with van der Waals surface area (Å²) >= 11 is 0. The van der Waals surface area contributed by atoms with Crippen molar-refractivity contribution in [3.63, 3.8) is 0 Å². The monoisotopic (exact) mass is 302 g/mol. The van der Waals surface area contributed by atoms with Crippen molar-refractivity contribution in [2.75, 3.05) is 26.7 Å². The van der Waals surface area contributed by atoms with E-state index in [1.807, 2.05) is 6.08 Å². The van der Waals surface area contributed by atoms with E-state index in [2.05, 4.69) is 50.0 Å². The van der Waals surface area contributed by atoms with Gasteiger partial charge in [0.05, 0.1) is 7.11 Å². The van der Waals surface area contributed by atoms with Crippen LogP contribution in [0.4, 0.5) is 0 Å².